The number of fused-ring (bicyclic) bond motifs is 1. The van der Waals surface area contributed by atoms with E-state index in [2.05, 4.69) is 15.2 Å². The first-order chi connectivity index (χ1) is 7.61. The molecule has 0 saturated carbocycles. The van der Waals surface area contributed by atoms with E-state index in [4.69, 9.17) is 21.4 Å². The van der Waals surface area contributed by atoms with Crippen LogP contribution in [0.3, 0.4) is 0 Å². The zero-order valence-corrected chi connectivity index (χ0v) is 8.97. The Hall–Kier alpha value is -1.89. The number of carboxylic acid groups (broad SMARTS) is 1. The fraction of sp³-hybridized carbons (Fsp3) is 0.250. The van der Waals surface area contributed by atoms with Crippen LogP contribution in [0.15, 0.2) is 6.20 Å². The van der Waals surface area contributed by atoms with Gasteiger partial charge in [-0.05, 0) is 0 Å². The maximum Gasteiger partial charge on any atom is 0.311 e. The van der Waals surface area contributed by atoms with Crippen LogP contribution in [0.5, 0.6) is 5.88 Å². The third kappa shape index (κ3) is 1.76. The van der Waals surface area contributed by atoms with E-state index < -0.39 is 5.97 Å². The SMILES string of the molecule is COc1nc(Cl)cn2c(CC(=O)O)nnc12. The lowest BCUT2D eigenvalue weighted by Crippen LogP contribution is -2.05. The number of rotatable bonds is 3. The highest BCUT2D eigenvalue weighted by Crippen LogP contribution is 2.19. The van der Waals surface area contributed by atoms with Crippen LogP contribution in [0.25, 0.3) is 5.65 Å². The van der Waals surface area contributed by atoms with Gasteiger partial charge in [0.25, 0.3) is 5.88 Å². The van der Waals surface area contributed by atoms with E-state index in [1.807, 2.05) is 0 Å². The first-order valence-corrected chi connectivity index (χ1v) is 4.65. The molecule has 0 radical (unpaired) electrons. The first-order valence-electron chi connectivity index (χ1n) is 4.27. The van der Waals surface area contributed by atoms with E-state index in [1.54, 1.807) is 0 Å². The van der Waals surface area contributed by atoms with Crippen molar-refractivity contribution in [2.75, 3.05) is 7.11 Å². The molecule has 0 aliphatic carbocycles. The van der Waals surface area contributed by atoms with Crippen molar-refractivity contribution < 1.29 is 14.6 Å². The molecule has 2 rings (SSSR count). The van der Waals surface area contributed by atoms with Crippen molar-refractivity contribution in [2.45, 2.75) is 6.42 Å². The molecule has 2 heterocycles. The number of hydrogen-bond donors (Lipinski definition) is 1. The van der Waals surface area contributed by atoms with Crippen molar-refractivity contribution >= 4 is 23.2 Å². The molecule has 0 fully saturated rings. The van der Waals surface area contributed by atoms with Crippen molar-refractivity contribution in [3.8, 4) is 5.88 Å². The topological polar surface area (TPSA) is 89.6 Å². The van der Waals surface area contributed by atoms with Gasteiger partial charge < -0.3 is 9.84 Å². The molecule has 0 aliphatic rings. The molecule has 7 nitrogen and oxygen atoms in total. The summed E-state index contributed by atoms with van der Waals surface area (Å²) in [6.07, 6.45) is 1.20. The number of halogens is 1. The largest absolute Gasteiger partial charge is 0.481 e. The Balaban J connectivity index is 2.62. The highest BCUT2D eigenvalue weighted by Gasteiger charge is 2.14. The third-order valence-corrected chi connectivity index (χ3v) is 2.09. The Morgan fingerprint density at radius 2 is 2.38 bits per heavy atom. The van der Waals surface area contributed by atoms with E-state index in [0.29, 0.717) is 5.65 Å². The molecule has 8 heteroatoms. The highest BCUT2D eigenvalue weighted by molar-refractivity contribution is 6.29. The molecule has 1 N–H and O–H groups in total. The molecular weight excluding hydrogens is 236 g/mol. The standard InChI is InChI=1S/C8H7ClN4O3/c1-16-8-7-12-11-5(2-6(14)15)13(7)3-4(9)10-8/h3H,2H2,1H3,(H,14,15). The van der Waals surface area contributed by atoms with Crippen LogP contribution in [0, 0.1) is 0 Å². The lowest BCUT2D eigenvalue weighted by atomic mass is 10.4. The van der Waals surface area contributed by atoms with Crippen molar-refractivity contribution in [3.63, 3.8) is 0 Å². The van der Waals surface area contributed by atoms with Gasteiger partial charge in [0, 0.05) is 6.20 Å². The van der Waals surface area contributed by atoms with E-state index in [0.717, 1.165) is 0 Å². The summed E-state index contributed by atoms with van der Waals surface area (Å²) in [5.41, 5.74) is 0.336. The van der Waals surface area contributed by atoms with Crippen molar-refractivity contribution in [1.82, 2.24) is 19.6 Å². The molecule has 2 aromatic rings. The zero-order chi connectivity index (χ0) is 11.7. The maximum atomic E-state index is 10.6. The molecule has 2 aromatic heterocycles. The summed E-state index contributed by atoms with van der Waals surface area (Å²) < 4.78 is 6.41. The molecule has 84 valence electrons. The maximum absolute atomic E-state index is 10.6. The van der Waals surface area contributed by atoms with E-state index in [9.17, 15) is 4.79 Å². The lowest BCUT2D eigenvalue weighted by Gasteiger charge is -2.02. The van der Waals surface area contributed by atoms with Gasteiger partial charge in [-0.1, -0.05) is 11.6 Å². The minimum atomic E-state index is -0.999. The Kier molecular flexibility index (Phi) is 2.61. The number of carboxylic acids is 1. The van der Waals surface area contributed by atoms with Crippen LogP contribution in [0.1, 0.15) is 5.82 Å². The Morgan fingerprint density at radius 1 is 1.62 bits per heavy atom. The van der Waals surface area contributed by atoms with Gasteiger partial charge in [0.15, 0.2) is 0 Å². The average Bonchev–Trinajstić information content (AvgIpc) is 2.59. The molecule has 0 bridgehead atoms. The van der Waals surface area contributed by atoms with Gasteiger partial charge in [0.05, 0.1) is 7.11 Å². The fourth-order valence-corrected chi connectivity index (χ4v) is 1.45. The molecule has 0 aliphatic heterocycles. The van der Waals surface area contributed by atoms with Crippen molar-refractivity contribution in [3.05, 3.63) is 17.2 Å². The summed E-state index contributed by atoms with van der Waals surface area (Å²) in [4.78, 5) is 14.5. The summed E-state index contributed by atoms with van der Waals surface area (Å²) in [5, 5.41) is 16.4. The van der Waals surface area contributed by atoms with Gasteiger partial charge in [0.2, 0.25) is 5.65 Å². The summed E-state index contributed by atoms with van der Waals surface area (Å²) >= 11 is 5.75. The second-order valence-electron chi connectivity index (χ2n) is 2.95. The number of nitrogens with zero attached hydrogens (tertiary/aromatic N) is 4. The predicted molar refractivity (Wildman–Crippen MR) is 53.7 cm³/mol. The molecule has 0 amide bonds. The fourth-order valence-electron chi connectivity index (χ4n) is 1.28. The van der Waals surface area contributed by atoms with Crippen molar-refractivity contribution in [2.24, 2.45) is 0 Å². The molecule has 16 heavy (non-hydrogen) atoms. The van der Waals surface area contributed by atoms with Gasteiger partial charge in [-0.2, -0.15) is 4.98 Å². The molecule has 0 aromatic carbocycles. The van der Waals surface area contributed by atoms with Gasteiger partial charge in [-0.25, -0.2) is 0 Å². The monoisotopic (exact) mass is 242 g/mol. The third-order valence-electron chi connectivity index (χ3n) is 1.90. The molecular formula is C8H7ClN4O3. The van der Waals surface area contributed by atoms with Crippen LogP contribution in [0.4, 0.5) is 0 Å². The van der Waals surface area contributed by atoms with Crippen LogP contribution in [0.2, 0.25) is 5.15 Å². The Labute approximate surface area is 94.6 Å². The van der Waals surface area contributed by atoms with Gasteiger partial charge in [-0.15, -0.1) is 10.2 Å². The van der Waals surface area contributed by atoms with Gasteiger partial charge in [-0.3, -0.25) is 9.20 Å². The lowest BCUT2D eigenvalue weighted by molar-refractivity contribution is -0.136. The number of hydrogen-bond acceptors (Lipinski definition) is 5. The quantitative estimate of drug-likeness (QED) is 0.839. The summed E-state index contributed by atoms with van der Waals surface area (Å²) in [7, 11) is 1.42. The normalized spacial score (nSPS) is 10.6. The molecule has 0 spiro atoms. The average molecular weight is 243 g/mol. The number of methoxy groups -OCH3 is 1. The Morgan fingerprint density at radius 3 is 3.00 bits per heavy atom. The van der Waals surface area contributed by atoms with Gasteiger partial charge >= 0.3 is 5.97 Å². The number of carbonyl (C=O) groups is 1. The Bertz CT molecular complexity index is 553. The summed E-state index contributed by atoms with van der Waals surface area (Å²) in [5.74, 6) is -0.525. The van der Waals surface area contributed by atoms with Crippen LogP contribution >= 0.6 is 11.6 Å². The molecule has 0 saturated heterocycles. The second-order valence-corrected chi connectivity index (χ2v) is 3.34. The smallest absolute Gasteiger partial charge is 0.311 e. The number of aliphatic carboxylic acids is 1. The minimum absolute atomic E-state index is 0.177. The summed E-state index contributed by atoms with van der Waals surface area (Å²) in [6, 6.07) is 0. The minimum Gasteiger partial charge on any atom is -0.481 e. The molecule has 0 unspecified atom stereocenters. The number of ether oxygens (including phenoxy) is 1. The molecule has 0 atom stereocenters. The van der Waals surface area contributed by atoms with E-state index >= 15 is 0 Å². The van der Waals surface area contributed by atoms with E-state index in [1.165, 1.54) is 17.7 Å². The zero-order valence-electron chi connectivity index (χ0n) is 8.21. The predicted octanol–water partition coefficient (Wildman–Crippen LogP) is 0.413. The highest BCUT2D eigenvalue weighted by atomic mass is 35.5. The number of aromatic nitrogens is 4. The van der Waals surface area contributed by atoms with Crippen LogP contribution in [-0.4, -0.2) is 37.8 Å². The van der Waals surface area contributed by atoms with Crippen LogP contribution in [-0.2, 0) is 11.2 Å². The summed E-state index contributed by atoms with van der Waals surface area (Å²) in [6.45, 7) is 0. The second kappa shape index (κ2) is 3.93. The van der Waals surface area contributed by atoms with Gasteiger partial charge in [0.1, 0.15) is 17.4 Å². The first kappa shape index (κ1) is 10.6. The van der Waals surface area contributed by atoms with E-state index in [-0.39, 0.29) is 23.3 Å². The van der Waals surface area contributed by atoms with Crippen LogP contribution < -0.4 is 4.74 Å². The van der Waals surface area contributed by atoms with Crippen molar-refractivity contribution in [1.29, 1.82) is 0 Å².